The van der Waals surface area contributed by atoms with Gasteiger partial charge in [-0.1, -0.05) is 35.3 Å². The maximum Gasteiger partial charge on any atom is 0.117 e. The molecule has 1 aromatic carbocycles. The monoisotopic (exact) mass is 283 g/mol. The molecule has 96 valence electrons. The van der Waals surface area contributed by atoms with E-state index in [1.54, 1.807) is 6.07 Å². The minimum atomic E-state index is -0.128. The summed E-state index contributed by atoms with van der Waals surface area (Å²) in [6, 6.07) is 5.43. The van der Waals surface area contributed by atoms with E-state index in [0.717, 1.165) is 5.56 Å². The van der Waals surface area contributed by atoms with E-state index in [1.807, 2.05) is 23.0 Å². The highest BCUT2D eigenvalue weighted by molar-refractivity contribution is 6.43. The number of hydrogen-bond donors (Lipinski definition) is 1. The van der Waals surface area contributed by atoms with Crippen molar-refractivity contribution in [3.05, 3.63) is 34.4 Å². The number of anilines is 1. The number of halogens is 2. The van der Waals surface area contributed by atoms with Crippen molar-refractivity contribution < 1.29 is 0 Å². The van der Waals surface area contributed by atoms with Gasteiger partial charge in [-0.05, 0) is 26.8 Å². The summed E-state index contributed by atoms with van der Waals surface area (Å²) < 4.78 is 1.83. The molecule has 0 atom stereocenters. The van der Waals surface area contributed by atoms with Crippen molar-refractivity contribution in [2.75, 3.05) is 5.73 Å². The molecule has 3 nitrogen and oxygen atoms in total. The molecule has 1 heterocycles. The number of nitrogens with two attached hydrogens (primary N) is 1. The molecule has 0 fully saturated rings. The van der Waals surface area contributed by atoms with Crippen LogP contribution in [0.4, 0.5) is 5.69 Å². The van der Waals surface area contributed by atoms with Crippen molar-refractivity contribution >= 4 is 28.9 Å². The predicted octanol–water partition coefficient (Wildman–Crippen LogP) is 4.19. The fourth-order valence-corrected chi connectivity index (χ4v) is 2.02. The molecule has 0 saturated heterocycles. The van der Waals surface area contributed by atoms with Crippen LogP contribution in [-0.2, 0) is 5.54 Å². The minimum Gasteiger partial charge on any atom is -0.396 e. The first-order valence-corrected chi connectivity index (χ1v) is 6.36. The quantitative estimate of drug-likeness (QED) is 0.853. The molecule has 0 spiro atoms. The van der Waals surface area contributed by atoms with Crippen LogP contribution in [0.3, 0.4) is 0 Å². The average molecular weight is 284 g/mol. The maximum absolute atomic E-state index is 6.19. The second kappa shape index (κ2) is 4.48. The van der Waals surface area contributed by atoms with Gasteiger partial charge in [-0.15, -0.1) is 0 Å². The smallest absolute Gasteiger partial charge is 0.117 e. The standard InChI is InChI=1S/C13H15Cl2N3/c1-13(2,3)18-7-10(16)12(17-18)8-5-4-6-9(14)11(8)15/h4-7H,16H2,1-3H3. The summed E-state index contributed by atoms with van der Waals surface area (Å²) >= 11 is 12.2. The zero-order valence-electron chi connectivity index (χ0n) is 10.5. The Morgan fingerprint density at radius 3 is 2.44 bits per heavy atom. The van der Waals surface area contributed by atoms with Gasteiger partial charge in [0.2, 0.25) is 0 Å². The van der Waals surface area contributed by atoms with Gasteiger partial charge in [0.1, 0.15) is 5.69 Å². The molecule has 0 bridgehead atoms. The van der Waals surface area contributed by atoms with Crippen molar-refractivity contribution in [2.24, 2.45) is 0 Å². The van der Waals surface area contributed by atoms with Gasteiger partial charge >= 0.3 is 0 Å². The largest absolute Gasteiger partial charge is 0.396 e. The van der Waals surface area contributed by atoms with Gasteiger partial charge in [0.15, 0.2) is 0 Å². The van der Waals surface area contributed by atoms with Crippen LogP contribution in [-0.4, -0.2) is 9.78 Å². The Morgan fingerprint density at radius 1 is 1.22 bits per heavy atom. The van der Waals surface area contributed by atoms with Crippen LogP contribution < -0.4 is 5.73 Å². The van der Waals surface area contributed by atoms with Crippen LogP contribution in [0.1, 0.15) is 20.8 Å². The number of nitrogens with zero attached hydrogens (tertiary/aromatic N) is 2. The molecule has 0 saturated carbocycles. The third-order valence-corrected chi connectivity index (χ3v) is 3.46. The van der Waals surface area contributed by atoms with Crippen LogP contribution in [0.15, 0.2) is 24.4 Å². The van der Waals surface area contributed by atoms with Crippen molar-refractivity contribution in [3.63, 3.8) is 0 Å². The average Bonchev–Trinajstić information content (AvgIpc) is 2.64. The molecule has 2 N–H and O–H groups in total. The number of nitrogen functional groups attached to an aromatic ring is 1. The molecule has 5 heteroatoms. The normalized spacial score (nSPS) is 11.8. The summed E-state index contributed by atoms with van der Waals surface area (Å²) in [6.07, 6.45) is 1.81. The lowest BCUT2D eigenvalue weighted by atomic mass is 10.1. The van der Waals surface area contributed by atoms with Gasteiger partial charge in [-0.2, -0.15) is 5.10 Å². The molecule has 18 heavy (non-hydrogen) atoms. The first-order valence-electron chi connectivity index (χ1n) is 5.60. The number of rotatable bonds is 1. The Kier molecular flexibility index (Phi) is 3.30. The predicted molar refractivity (Wildman–Crippen MR) is 77.1 cm³/mol. The van der Waals surface area contributed by atoms with Crippen LogP contribution >= 0.6 is 23.2 Å². The molecule has 0 aliphatic heterocycles. The topological polar surface area (TPSA) is 43.8 Å². The molecule has 2 aromatic rings. The molecule has 0 unspecified atom stereocenters. The van der Waals surface area contributed by atoms with E-state index in [4.69, 9.17) is 28.9 Å². The van der Waals surface area contributed by atoms with Gasteiger partial charge in [-0.25, -0.2) is 0 Å². The Labute approximate surface area is 117 Å². The van der Waals surface area contributed by atoms with E-state index in [0.29, 0.717) is 21.4 Å². The second-order valence-corrected chi connectivity index (χ2v) is 5.93. The molecule has 2 rings (SSSR count). The summed E-state index contributed by atoms with van der Waals surface area (Å²) in [5, 5.41) is 5.48. The second-order valence-electron chi connectivity index (χ2n) is 5.15. The zero-order chi connectivity index (χ0) is 13.5. The third kappa shape index (κ3) is 2.33. The van der Waals surface area contributed by atoms with Crippen LogP contribution in [0.2, 0.25) is 10.0 Å². The first-order chi connectivity index (χ1) is 8.30. The first kappa shape index (κ1) is 13.2. The van der Waals surface area contributed by atoms with Crippen LogP contribution in [0.25, 0.3) is 11.3 Å². The van der Waals surface area contributed by atoms with Crippen LogP contribution in [0, 0.1) is 0 Å². The molecule has 0 aliphatic carbocycles. The van der Waals surface area contributed by atoms with Crippen molar-refractivity contribution in [1.29, 1.82) is 0 Å². The molecule has 1 aromatic heterocycles. The Hall–Kier alpha value is -1.19. The van der Waals surface area contributed by atoms with Crippen molar-refractivity contribution in [2.45, 2.75) is 26.3 Å². The Morgan fingerprint density at radius 2 is 1.89 bits per heavy atom. The zero-order valence-corrected chi connectivity index (χ0v) is 12.0. The van der Waals surface area contributed by atoms with Gasteiger partial charge in [-0.3, -0.25) is 4.68 Å². The Bertz CT molecular complexity index is 582. The van der Waals surface area contributed by atoms with Crippen molar-refractivity contribution in [1.82, 2.24) is 9.78 Å². The van der Waals surface area contributed by atoms with Crippen LogP contribution in [0.5, 0.6) is 0 Å². The van der Waals surface area contributed by atoms with E-state index in [1.165, 1.54) is 0 Å². The lowest BCUT2D eigenvalue weighted by Gasteiger charge is -2.18. The number of aromatic nitrogens is 2. The van der Waals surface area contributed by atoms with E-state index < -0.39 is 0 Å². The molecule has 0 radical (unpaired) electrons. The van der Waals surface area contributed by atoms with Gasteiger partial charge in [0, 0.05) is 11.8 Å². The van der Waals surface area contributed by atoms with E-state index in [2.05, 4.69) is 25.9 Å². The molecule has 0 amide bonds. The molecule has 0 aliphatic rings. The summed E-state index contributed by atoms with van der Waals surface area (Å²) in [5.41, 5.74) is 7.89. The fourth-order valence-electron chi connectivity index (χ4n) is 1.63. The van der Waals surface area contributed by atoms with E-state index in [9.17, 15) is 0 Å². The minimum absolute atomic E-state index is 0.128. The van der Waals surface area contributed by atoms with E-state index >= 15 is 0 Å². The maximum atomic E-state index is 6.19. The summed E-state index contributed by atoms with van der Waals surface area (Å²) in [7, 11) is 0. The molecular weight excluding hydrogens is 269 g/mol. The highest BCUT2D eigenvalue weighted by Gasteiger charge is 2.19. The summed E-state index contributed by atoms with van der Waals surface area (Å²) in [5.74, 6) is 0. The Balaban J connectivity index is 2.58. The van der Waals surface area contributed by atoms with Gasteiger partial charge in [0.05, 0.1) is 21.3 Å². The highest BCUT2D eigenvalue weighted by atomic mass is 35.5. The van der Waals surface area contributed by atoms with Crippen molar-refractivity contribution in [3.8, 4) is 11.3 Å². The van der Waals surface area contributed by atoms with E-state index in [-0.39, 0.29) is 5.54 Å². The van der Waals surface area contributed by atoms with Gasteiger partial charge in [0.25, 0.3) is 0 Å². The SMILES string of the molecule is CC(C)(C)n1cc(N)c(-c2cccc(Cl)c2Cl)n1. The molecular formula is C13H15Cl2N3. The number of hydrogen-bond acceptors (Lipinski definition) is 2. The number of benzene rings is 1. The summed E-state index contributed by atoms with van der Waals surface area (Å²) in [4.78, 5) is 0. The lowest BCUT2D eigenvalue weighted by Crippen LogP contribution is -2.22. The summed E-state index contributed by atoms with van der Waals surface area (Å²) in [6.45, 7) is 6.17. The third-order valence-electron chi connectivity index (χ3n) is 2.64. The lowest BCUT2D eigenvalue weighted by molar-refractivity contribution is 0.356. The van der Waals surface area contributed by atoms with Gasteiger partial charge < -0.3 is 5.73 Å². The fraction of sp³-hybridized carbons (Fsp3) is 0.308. The highest BCUT2D eigenvalue weighted by Crippen LogP contribution is 2.35.